The number of fused-ring (bicyclic) bond motifs is 2. The van der Waals surface area contributed by atoms with Crippen LogP contribution in [0.4, 0.5) is 0 Å². The van der Waals surface area contributed by atoms with Crippen molar-refractivity contribution in [1.82, 2.24) is 0 Å². The molecule has 2 aromatic rings. The molecule has 1 N–H and O–H groups in total. The molecule has 2 bridgehead atoms. The lowest BCUT2D eigenvalue weighted by Crippen LogP contribution is -2.19. The van der Waals surface area contributed by atoms with Crippen molar-refractivity contribution in [3.8, 4) is 0 Å². The van der Waals surface area contributed by atoms with Gasteiger partial charge in [0.15, 0.2) is 0 Å². The Bertz CT molecular complexity index is 804. The molecule has 0 radical (unpaired) electrons. The molecule has 0 spiro atoms. The molecule has 4 rings (SSSR count). The Morgan fingerprint density at radius 2 is 1.52 bits per heavy atom. The standard InChI is InChI=1S/C21H21OP/c1-15-20(17-11-7-4-8-12-17)23-14-21(15,2)19(18(23)13-22)16-9-5-3-6-10-16/h3-12,22H,13-14H2,1-2H3. The quantitative estimate of drug-likeness (QED) is 0.757. The largest absolute Gasteiger partial charge is 0.392 e. The highest BCUT2D eigenvalue weighted by atomic mass is 31.1. The van der Waals surface area contributed by atoms with Crippen LogP contribution in [0.15, 0.2) is 71.6 Å². The molecule has 1 nitrogen and oxygen atoms in total. The highest BCUT2D eigenvalue weighted by Gasteiger charge is 2.51. The van der Waals surface area contributed by atoms with Gasteiger partial charge >= 0.3 is 0 Å². The first kappa shape index (κ1) is 14.9. The van der Waals surface area contributed by atoms with Crippen LogP contribution >= 0.6 is 7.92 Å². The zero-order valence-electron chi connectivity index (χ0n) is 13.6. The van der Waals surface area contributed by atoms with E-state index < -0.39 is 7.92 Å². The summed E-state index contributed by atoms with van der Waals surface area (Å²) in [6, 6.07) is 21.3. The van der Waals surface area contributed by atoms with Crippen molar-refractivity contribution < 1.29 is 5.11 Å². The van der Waals surface area contributed by atoms with Crippen molar-refractivity contribution in [2.24, 2.45) is 5.41 Å². The van der Waals surface area contributed by atoms with Crippen LogP contribution in [0.2, 0.25) is 0 Å². The molecule has 0 aromatic heterocycles. The molecule has 23 heavy (non-hydrogen) atoms. The Morgan fingerprint density at radius 3 is 2.09 bits per heavy atom. The SMILES string of the molecule is CC1=C(c2ccccc2)P2CC1(C)C(c1ccccc1)=C2CO. The molecule has 2 heterocycles. The second-order valence-electron chi connectivity index (χ2n) is 6.60. The van der Waals surface area contributed by atoms with E-state index in [0.29, 0.717) is 0 Å². The van der Waals surface area contributed by atoms with Crippen molar-refractivity contribution in [3.05, 3.63) is 82.7 Å². The van der Waals surface area contributed by atoms with Crippen LogP contribution in [0.5, 0.6) is 0 Å². The average molecular weight is 320 g/mol. The van der Waals surface area contributed by atoms with Crippen molar-refractivity contribution in [3.63, 3.8) is 0 Å². The van der Waals surface area contributed by atoms with Crippen molar-refractivity contribution in [2.45, 2.75) is 13.8 Å². The number of rotatable bonds is 3. The van der Waals surface area contributed by atoms with Crippen LogP contribution in [0.25, 0.3) is 10.9 Å². The van der Waals surface area contributed by atoms with Crippen molar-refractivity contribution in [1.29, 1.82) is 0 Å². The van der Waals surface area contributed by atoms with Gasteiger partial charge in [-0.2, -0.15) is 0 Å². The van der Waals surface area contributed by atoms with E-state index >= 15 is 0 Å². The van der Waals surface area contributed by atoms with E-state index in [1.807, 2.05) is 0 Å². The Balaban J connectivity index is 1.89. The van der Waals surface area contributed by atoms with Gasteiger partial charge in [-0.25, -0.2) is 0 Å². The second-order valence-corrected chi connectivity index (χ2v) is 8.76. The first-order valence-electron chi connectivity index (χ1n) is 8.11. The van der Waals surface area contributed by atoms with E-state index in [1.54, 1.807) is 0 Å². The summed E-state index contributed by atoms with van der Waals surface area (Å²) in [5.41, 5.74) is 5.54. The van der Waals surface area contributed by atoms with E-state index in [1.165, 1.54) is 32.9 Å². The first-order chi connectivity index (χ1) is 11.2. The van der Waals surface area contributed by atoms with Crippen LogP contribution in [0, 0.1) is 5.41 Å². The minimum absolute atomic E-state index is 0.0658. The number of hydrogen-bond donors (Lipinski definition) is 1. The van der Waals surface area contributed by atoms with Gasteiger partial charge < -0.3 is 5.11 Å². The van der Waals surface area contributed by atoms with Gasteiger partial charge in [0.2, 0.25) is 0 Å². The Hall–Kier alpha value is -1.69. The lowest BCUT2D eigenvalue weighted by molar-refractivity contribution is 0.339. The van der Waals surface area contributed by atoms with E-state index in [-0.39, 0.29) is 12.0 Å². The minimum Gasteiger partial charge on any atom is -0.392 e. The summed E-state index contributed by atoms with van der Waals surface area (Å²) in [5, 5.41) is 12.9. The minimum atomic E-state index is -0.414. The summed E-state index contributed by atoms with van der Waals surface area (Å²) < 4.78 is 0. The van der Waals surface area contributed by atoms with Gasteiger partial charge in [0.25, 0.3) is 0 Å². The van der Waals surface area contributed by atoms with Gasteiger partial charge in [0, 0.05) is 5.41 Å². The summed E-state index contributed by atoms with van der Waals surface area (Å²) in [6.07, 6.45) is 1.15. The summed E-state index contributed by atoms with van der Waals surface area (Å²) in [6.45, 7) is 4.83. The molecule has 0 saturated carbocycles. The first-order valence-corrected chi connectivity index (χ1v) is 9.64. The normalized spacial score (nSPS) is 26.3. The summed E-state index contributed by atoms with van der Waals surface area (Å²) in [7, 11) is -0.414. The van der Waals surface area contributed by atoms with Gasteiger partial charge in [-0.1, -0.05) is 73.2 Å². The molecule has 0 amide bonds. The van der Waals surface area contributed by atoms with Gasteiger partial charge in [-0.05, 0) is 48.3 Å². The highest BCUT2D eigenvalue weighted by molar-refractivity contribution is 7.73. The lowest BCUT2D eigenvalue weighted by atomic mass is 9.74. The molecule has 2 heteroatoms. The molecule has 0 fully saturated rings. The second kappa shape index (κ2) is 5.44. The molecule has 0 aliphatic carbocycles. The van der Waals surface area contributed by atoms with Crippen LogP contribution in [-0.2, 0) is 0 Å². The van der Waals surface area contributed by atoms with Gasteiger partial charge in [0.1, 0.15) is 0 Å². The maximum Gasteiger partial charge on any atom is 0.0692 e. The monoisotopic (exact) mass is 320 g/mol. The van der Waals surface area contributed by atoms with Gasteiger partial charge in [-0.15, -0.1) is 0 Å². The topological polar surface area (TPSA) is 20.2 Å². The Kier molecular flexibility index (Phi) is 3.52. The molecule has 116 valence electrons. The average Bonchev–Trinajstić information content (AvgIpc) is 3.03. The molecule has 2 unspecified atom stereocenters. The summed E-state index contributed by atoms with van der Waals surface area (Å²) >= 11 is 0. The van der Waals surface area contributed by atoms with Crippen LogP contribution < -0.4 is 0 Å². The Labute approximate surface area is 139 Å². The van der Waals surface area contributed by atoms with E-state index in [0.717, 1.165) is 6.16 Å². The molecule has 2 atom stereocenters. The third-order valence-electron chi connectivity index (χ3n) is 5.35. The fourth-order valence-electron chi connectivity index (χ4n) is 4.15. The third kappa shape index (κ3) is 2.07. The lowest BCUT2D eigenvalue weighted by Gasteiger charge is -2.31. The third-order valence-corrected chi connectivity index (χ3v) is 8.45. The summed E-state index contributed by atoms with van der Waals surface area (Å²) in [4.78, 5) is 0. The number of aliphatic hydroxyl groups is 1. The molecule has 2 aliphatic rings. The highest BCUT2D eigenvalue weighted by Crippen LogP contribution is 2.77. The fraction of sp³-hybridized carbons (Fsp3) is 0.238. The maximum atomic E-state index is 10.1. The molecular weight excluding hydrogens is 299 g/mol. The number of allylic oxidation sites excluding steroid dienone is 2. The summed E-state index contributed by atoms with van der Waals surface area (Å²) in [5.74, 6) is 0. The van der Waals surface area contributed by atoms with Crippen LogP contribution in [-0.4, -0.2) is 17.9 Å². The molecule has 2 aliphatic heterocycles. The number of aliphatic hydroxyl groups excluding tert-OH is 1. The van der Waals surface area contributed by atoms with Crippen LogP contribution in [0.1, 0.15) is 25.0 Å². The zero-order valence-corrected chi connectivity index (χ0v) is 14.5. The molecule has 2 aromatic carbocycles. The predicted molar refractivity (Wildman–Crippen MR) is 99.4 cm³/mol. The number of benzene rings is 2. The fourth-order valence-corrected chi connectivity index (χ4v) is 7.73. The van der Waals surface area contributed by atoms with Gasteiger partial charge in [0.05, 0.1) is 6.61 Å². The smallest absolute Gasteiger partial charge is 0.0692 e. The molecule has 0 saturated heterocycles. The predicted octanol–water partition coefficient (Wildman–Crippen LogP) is 5.34. The molecular formula is C21H21OP. The van der Waals surface area contributed by atoms with Crippen molar-refractivity contribution in [2.75, 3.05) is 12.8 Å². The Morgan fingerprint density at radius 1 is 0.957 bits per heavy atom. The van der Waals surface area contributed by atoms with Gasteiger partial charge in [-0.3, -0.25) is 0 Å². The zero-order chi connectivity index (χ0) is 16.0. The van der Waals surface area contributed by atoms with Crippen LogP contribution in [0.3, 0.4) is 0 Å². The van der Waals surface area contributed by atoms with E-state index in [4.69, 9.17) is 0 Å². The number of hydrogen-bond acceptors (Lipinski definition) is 1. The van der Waals surface area contributed by atoms with E-state index in [2.05, 4.69) is 74.5 Å². The maximum absolute atomic E-state index is 10.1. The van der Waals surface area contributed by atoms with E-state index in [9.17, 15) is 5.11 Å². The van der Waals surface area contributed by atoms with Crippen molar-refractivity contribution >= 4 is 18.8 Å².